The molecule has 1 N–H and O–H groups in total. The highest BCUT2D eigenvalue weighted by molar-refractivity contribution is 6.33. The summed E-state index contributed by atoms with van der Waals surface area (Å²) in [6, 6.07) is 9.59. The molecule has 1 heterocycles. The molecular formula is C14H16ClN3O. The van der Waals surface area contributed by atoms with E-state index >= 15 is 0 Å². The zero-order valence-electron chi connectivity index (χ0n) is 10.9. The molecule has 0 aliphatic heterocycles. The van der Waals surface area contributed by atoms with Gasteiger partial charge in [0.15, 0.2) is 0 Å². The highest BCUT2D eigenvalue weighted by atomic mass is 35.5. The first-order valence-electron chi connectivity index (χ1n) is 6.23. The van der Waals surface area contributed by atoms with E-state index in [0.29, 0.717) is 10.7 Å². The van der Waals surface area contributed by atoms with E-state index < -0.39 is 0 Å². The van der Waals surface area contributed by atoms with Crippen LogP contribution in [0.1, 0.15) is 30.6 Å². The third-order valence-electron chi connectivity index (χ3n) is 2.95. The zero-order chi connectivity index (χ0) is 13.8. The summed E-state index contributed by atoms with van der Waals surface area (Å²) in [6.45, 7) is 3.97. The summed E-state index contributed by atoms with van der Waals surface area (Å²) in [5, 5.41) is 7.36. The van der Waals surface area contributed by atoms with Gasteiger partial charge in [0.1, 0.15) is 5.15 Å². The van der Waals surface area contributed by atoms with Crippen molar-refractivity contribution in [3.63, 3.8) is 0 Å². The lowest BCUT2D eigenvalue weighted by Gasteiger charge is -2.10. The Kier molecular flexibility index (Phi) is 4.22. The van der Waals surface area contributed by atoms with Crippen LogP contribution in [0.2, 0.25) is 5.15 Å². The topological polar surface area (TPSA) is 46.9 Å². The molecule has 0 aliphatic rings. The van der Waals surface area contributed by atoms with E-state index in [4.69, 9.17) is 11.6 Å². The Balaban J connectivity index is 2.26. The average molecular weight is 278 g/mol. The molecule has 1 aromatic carbocycles. The molecule has 19 heavy (non-hydrogen) atoms. The number of nitrogens with one attached hydrogen (secondary N) is 1. The number of hydrogen-bond donors (Lipinski definition) is 1. The third-order valence-corrected chi connectivity index (χ3v) is 3.31. The molecule has 2 aromatic rings. The molecule has 0 spiro atoms. The van der Waals surface area contributed by atoms with Gasteiger partial charge in [-0.05, 0) is 25.5 Å². The molecule has 1 amide bonds. The predicted molar refractivity (Wildman–Crippen MR) is 75.8 cm³/mol. The molecule has 2 rings (SSSR count). The fraction of sp³-hybridized carbons (Fsp3) is 0.286. The number of rotatable bonds is 4. The van der Waals surface area contributed by atoms with Crippen molar-refractivity contribution in [1.29, 1.82) is 0 Å². The van der Waals surface area contributed by atoms with Crippen LogP contribution in [0.15, 0.2) is 36.5 Å². The van der Waals surface area contributed by atoms with Crippen molar-refractivity contribution in [2.45, 2.75) is 26.3 Å². The second-order valence-electron chi connectivity index (χ2n) is 4.38. The smallest absolute Gasteiger partial charge is 0.256 e. The highest BCUT2D eigenvalue weighted by Gasteiger charge is 2.17. The van der Waals surface area contributed by atoms with E-state index in [2.05, 4.69) is 10.4 Å². The monoisotopic (exact) mass is 277 g/mol. The molecule has 1 atom stereocenters. The van der Waals surface area contributed by atoms with Crippen molar-refractivity contribution in [2.75, 3.05) is 0 Å². The van der Waals surface area contributed by atoms with E-state index in [0.717, 1.165) is 12.1 Å². The van der Waals surface area contributed by atoms with Crippen molar-refractivity contribution in [1.82, 2.24) is 15.1 Å². The van der Waals surface area contributed by atoms with Crippen LogP contribution in [0.4, 0.5) is 0 Å². The van der Waals surface area contributed by atoms with Gasteiger partial charge in [-0.1, -0.05) is 36.7 Å². The summed E-state index contributed by atoms with van der Waals surface area (Å²) in [5.74, 6) is -0.193. The van der Waals surface area contributed by atoms with E-state index in [-0.39, 0.29) is 11.9 Å². The number of para-hydroxylation sites is 1. The number of carbonyl (C=O) groups is 1. The molecule has 0 bridgehead atoms. The summed E-state index contributed by atoms with van der Waals surface area (Å²) in [5.41, 5.74) is 1.22. The second-order valence-corrected chi connectivity index (χ2v) is 4.74. The van der Waals surface area contributed by atoms with Gasteiger partial charge in [-0.25, -0.2) is 4.68 Å². The Morgan fingerprint density at radius 1 is 1.42 bits per heavy atom. The van der Waals surface area contributed by atoms with Gasteiger partial charge in [0, 0.05) is 6.04 Å². The zero-order valence-corrected chi connectivity index (χ0v) is 11.7. The van der Waals surface area contributed by atoms with Crippen molar-refractivity contribution >= 4 is 17.5 Å². The molecule has 5 heteroatoms. The van der Waals surface area contributed by atoms with Crippen LogP contribution in [-0.4, -0.2) is 21.7 Å². The number of amides is 1. The lowest BCUT2D eigenvalue weighted by Crippen LogP contribution is -2.31. The lowest BCUT2D eigenvalue weighted by molar-refractivity contribution is 0.0939. The van der Waals surface area contributed by atoms with E-state index in [1.807, 2.05) is 44.2 Å². The SMILES string of the molecule is CC[C@H](C)NC(=O)c1cnn(-c2ccccc2)c1Cl. The molecular weight excluding hydrogens is 262 g/mol. The summed E-state index contributed by atoms with van der Waals surface area (Å²) < 4.78 is 1.55. The number of aromatic nitrogens is 2. The number of hydrogen-bond acceptors (Lipinski definition) is 2. The first-order valence-corrected chi connectivity index (χ1v) is 6.61. The second kappa shape index (κ2) is 5.89. The van der Waals surface area contributed by atoms with Gasteiger partial charge >= 0.3 is 0 Å². The standard InChI is InChI=1S/C14H16ClN3O/c1-3-10(2)17-14(19)12-9-16-18(13(12)15)11-7-5-4-6-8-11/h4-10H,3H2,1-2H3,(H,17,19)/t10-/m0/s1. The molecule has 4 nitrogen and oxygen atoms in total. The van der Waals surface area contributed by atoms with Crippen molar-refractivity contribution < 1.29 is 4.79 Å². The molecule has 100 valence electrons. The van der Waals surface area contributed by atoms with Crippen LogP contribution in [-0.2, 0) is 0 Å². The lowest BCUT2D eigenvalue weighted by atomic mass is 10.2. The summed E-state index contributed by atoms with van der Waals surface area (Å²) in [7, 11) is 0. The summed E-state index contributed by atoms with van der Waals surface area (Å²) >= 11 is 6.22. The highest BCUT2D eigenvalue weighted by Crippen LogP contribution is 2.20. The van der Waals surface area contributed by atoms with E-state index in [1.54, 1.807) is 4.68 Å². The minimum Gasteiger partial charge on any atom is -0.349 e. The van der Waals surface area contributed by atoms with Crippen LogP contribution in [0, 0.1) is 0 Å². The number of carbonyl (C=O) groups excluding carboxylic acids is 1. The minimum atomic E-state index is -0.193. The summed E-state index contributed by atoms with van der Waals surface area (Å²) in [6.07, 6.45) is 2.36. The molecule has 0 saturated carbocycles. The van der Waals surface area contributed by atoms with Crippen molar-refractivity contribution in [2.24, 2.45) is 0 Å². The first-order chi connectivity index (χ1) is 9.13. The third kappa shape index (κ3) is 2.96. The van der Waals surface area contributed by atoms with Crippen LogP contribution < -0.4 is 5.32 Å². The fourth-order valence-corrected chi connectivity index (χ4v) is 1.91. The average Bonchev–Trinajstić information content (AvgIpc) is 2.81. The fourth-order valence-electron chi connectivity index (χ4n) is 1.64. The van der Waals surface area contributed by atoms with Crippen molar-refractivity contribution in [3.8, 4) is 5.69 Å². The predicted octanol–water partition coefficient (Wildman–Crippen LogP) is 3.05. The number of benzene rings is 1. The maximum absolute atomic E-state index is 12.0. The molecule has 0 aliphatic carbocycles. The van der Waals surface area contributed by atoms with Gasteiger partial charge in [-0.2, -0.15) is 5.10 Å². The Hall–Kier alpha value is -1.81. The molecule has 0 unspecified atom stereocenters. The van der Waals surface area contributed by atoms with Crippen LogP contribution in [0.3, 0.4) is 0 Å². The van der Waals surface area contributed by atoms with Gasteiger partial charge in [0.25, 0.3) is 5.91 Å². The van der Waals surface area contributed by atoms with Gasteiger partial charge in [-0.15, -0.1) is 0 Å². The van der Waals surface area contributed by atoms with Gasteiger partial charge < -0.3 is 5.32 Å². The van der Waals surface area contributed by atoms with Gasteiger partial charge in [-0.3, -0.25) is 4.79 Å². The van der Waals surface area contributed by atoms with Crippen LogP contribution in [0.5, 0.6) is 0 Å². The Morgan fingerprint density at radius 3 is 2.74 bits per heavy atom. The number of nitrogens with zero attached hydrogens (tertiary/aromatic N) is 2. The first kappa shape index (κ1) is 13.6. The molecule has 0 radical (unpaired) electrons. The Bertz CT molecular complexity index is 565. The molecule has 1 aromatic heterocycles. The maximum Gasteiger partial charge on any atom is 0.256 e. The van der Waals surface area contributed by atoms with E-state index in [9.17, 15) is 4.79 Å². The van der Waals surface area contributed by atoms with Crippen LogP contribution in [0.25, 0.3) is 5.69 Å². The van der Waals surface area contributed by atoms with Crippen molar-refractivity contribution in [3.05, 3.63) is 47.2 Å². The quantitative estimate of drug-likeness (QED) is 0.934. The maximum atomic E-state index is 12.0. The van der Waals surface area contributed by atoms with Crippen LogP contribution >= 0.6 is 11.6 Å². The normalized spacial score (nSPS) is 12.2. The van der Waals surface area contributed by atoms with Gasteiger partial charge in [0.05, 0.1) is 17.4 Å². The number of halogens is 1. The molecule has 0 saturated heterocycles. The Morgan fingerprint density at radius 2 is 2.11 bits per heavy atom. The Labute approximate surface area is 117 Å². The summed E-state index contributed by atoms with van der Waals surface area (Å²) in [4.78, 5) is 12.0. The minimum absolute atomic E-state index is 0.114. The largest absolute Gasteiger partial charge is 0.349 e. The molecule has 0 fully saturated rings. The van der Waals surface area contributed by atoms with E-state index in [1.165, 1.54) is 6.20 Å². The van der Waals surface area contributed by atoms with Gasteiger partial charge in [0.2, 0.25) is 0 Å².